The molecule has 0 spiro atoms. The number of thiophene rings is 1. The maximum Gasteiger partial charge on any atom is 0.157 e. The third-order valence-corrected chi connectivity index (χ3v) is 8.14. The van der Waals surface area contributed by atoms with Crippen LogP contribution >= 0.6 is 11.3 Å². The minimum atomic E-state index is -1.25. The van der Waals surface area contributed by atoms with E-state index in [2.05, 4.69) is 61.7 Å². The first-order valence-corrected chi connectivity index (χ1v) is 12.6. The number of aromatic nitrogens is 1. The summed E-state index contributed by atoms with van der Waals surface area (Å²) >= 11 is 1.54. The molecule has 1 aromatic carbocycles. The van der Waals surface area contributed by atoms with Crippen molar-refractivity contribution in [3.05, 3.63) is 86.9 Å². The minimum Gasteiger partial charge on any atom is -0.380 e. The van der Waals surface area contributed by atoms with E-state index in [1.807, 2.05) is 37.3 Å². The van der Waals surface area contributed by atoms with Crippen LogP contribution in [0.4, 0.5) is 0 Å². The number of likely N-dealkylation sites (tertiary alicyclic amines) is 1. The Hall–Kier alpha value is -2.49. The predicted molar refractivity (Wildman–Crippen MR) is 139 cm³/mol. The Labute approximate surface area is 207 Å². The van der Waals surface area contributed by atoms with Crippen LogP contribution in [0, 0.1) is 24.2 Å². The molecule has 34 heavy (non-hydrogen) atoms. The predicted octanol–water partition coefficient (Wildman–Crippen LogP) is 5.02. The fourth-order valence-corrected chi connectivity index (χ4v) is 5.87. The van der Waals surface area contributed by atoms with Gasteiger partial charge in [0.2, 0.25) is 0 Å². The maximum absolute atomic E-state index is 12.4. The van der Waals surface area contributed by atoms with Crippen molar-refractivity contribution in [3.63, 3.8) is 0 Å². The molecule has 5 heteroatoms. The van der Waals surface area contributed by atoms with Gasteiger partial charge in [-0.3, -0.25) is 4.98 Å². The Kier molecular flexibility index (Phi) is 6.48. The standard InChI is InChI=1S/C29H34N2O2S/c1-20(2)23-8-10-24(11-9-23)29(33,27(4)18-31(6)19-27)25-15-22(16-30-17-25)13-14-28(5,32)26-12-7-21(3)34-26/h7-12,15-17,20,32-33H,18-19H2,1-6H3/t28?,29-/m0/s1. The first-order chi connectivity index (χ1) is 15.9. The first-order valence-electron chi connectivity index (χ1n) is 11.7. The second-order valence-electron chi connectivity index (χ2n) is 10.4. The van der Waals surface area contributed by atoms with Crippen molar-refractivity contribution in [2.45, 2.75) is 51.7 Å². The average molecular weight is 475 g/mol. The molecule has 1 fully saturated rings. The summed E-state index contributed by atoms with van der Waals surface area (Å²) in [5.41, 5.74) is 0.660. The van der Waals surface area contributed by atoms with E-state index in [4.69, 9.17) is 0 Å². The fraction of sp³-hybridized carbons (Fsp3) is 0.414. The third-order valence-electron chi connectivity index (χ3n) is 6.93. The van der Waals surface area contributed by atoms with Crippen LogP contribution in [0.2, 0.25) is 0 Å². The quantitative estimate of drug-likeness (QED) is 0.510. The molecule has 4 rings (SSSR count). The zero-order valence-corrected chi connectivity index (χ0v) is 21.7. The summed E-state index contributed by atoms with van der Waals surface area (Å²) < 4.78 is 0. The Balaban J connectivity index is 1.75. The van der Waals surface area contributed by atoms with Gasteiger partial charge >= 0.3 is 0 Å². The van der Waals surface area contributed by atoms with Crippen molar-refractivity contribution in [1.82, 2.24) is 9.88 Å². The highest BCUT2D eigenvalue weighted by Crippen LogP contribution is 2.50. The number of rotatable bonds is 5. The lowest BCUT2D eigenvalue weighted by Crippen LogP contribution is -2.63. The Morgan fingerprint density at radius 1 is 1.06 bits per heavy atom. The van der Waals surface area contributed by atoms with Gasteiger partial charge in [-0.1, -0.05) is 56.9 Å². The van der Waals surface area contributed by atoms with E-state index in [9.17, 15) is 10.2 Å². The highest BCUT2D eigenvalue weighted by atomic mass is 32.1. The molecule has 2 atom stereocenters. The van der Waals surface area contributed by atoms with Gasteiger partial charge in [-0.2, -0.15) is 0 Å². The topological polar surface area (TPSA) is 56.6 Å². The number of aliphatic hydroxyl groups is 2. The number of hydrogen-bond acceptors (Lipinski definition) is 5. The fourth-order valence-electron chi connectivity index (χ4n) is 5.00. The highest BCUT2D eigenvalue weighted by molar-refractivity contribution is 7.12. The van der Waals surface area contributed by atoms with E-state index in [0.717, 1.165) is 34.0 Å². The van der Waals surface area contributed by atoms with Crippen LogP contribution in [0.1, 0.15) is 65.6 Å². The second kappa shape index (κ2) is 8.94. The van der Waals surface area contributed by atoms with Gasteiger partial charge in [0.1, 0.15) is 5.60 Å². The molecule has 3 heterocycles. The summed E-state index contributed by atoms with van der Waals surface area (Å²) in [6.07, 6.45) is 3.43. The number of nitrogens with zero attached hydrogens (tertiary/aromatic N) is 2. The van der Waals surface area contributed by atoms with Crippen LogP contribution in [0.3, 0.4) is 0 Å². The Morgan fingerprint density at radius 2 is 1.74 bits per heavy atom. The van der Waals surface area contributed by atoms with Crippen molar-refractivity contribution >= 4 is 11.3 Å². The lowest BCUT2D eigenvalue weighted by atomic mass is 9.62. The van der Waals surface area contributed by atoms with E-state index in [1.54, 1.807) is 19.3 Å². The molecular formula is C29H34N2O2S. The molecular weight excluding hydrogens is 440 g/mol. The van der Waals surface area contributed by atoms with Gasteiger partial charge in [-0.05, 0) is 56.1 Å². The van der Waals surface area contributed by atoms with Crippen LogP contribution in [-0.4, -0.2) is 40.2 Å². The molecule has 2 aromatic heterocycles. The smallest absolute Gasteiger partial charge is 0.157 e. The molecule has 1 aliphatic heterocycles. The van der Waals surface area contributed by atoms with Crippen LogP contribution in [0.15, 0.2) is 54.9 Å². The lowest BCUT2D eigenvalue weighted by molar-refractivity contribution is -0.127. The molecule has 1 aliphatic rings. The Bertz CT molecular complexity index is 1230. The number of aryl methyl sites for hydroxylation is 1. The summed E-state index contributed by atoms with van der Waals surface area (Å²) in [6, 6.07) is 14.1. The molecule has 0 bridgehead atoms. The van der Waals surface area contributed by atoms with E-state index in [0.29, 0.717) is 11.5 Å². The molecule has 0 amide bonds. The van der Waals surface area contributed by atoms with Gasteiger partial charge in [0.05, 0.1) is 0 Å². The summed E-state index contributed by atoms with van der Waals surface area (Å²) in [5, 5.41) is 23.3. The molecule has 2 N–H and O–H groups in total. The number of hydrogen-bond donors (Lipinski definition) is 2. The first kappa shape index (κ1) is 24.6. The zero-order chi connectivity index (χ0) is 24.7. The van der Waals surface area contributed by atoms with Gasteiger partial charge in [0.25, 0.3) is 0 Å². The van der Waals surface area contributed by atoms with Gasteiger partial charge in [0.15, 0.2) is 5.60 Å². The minimum absolute atomic E-state index is 0.366. The SMILES string of the molecule is Cc1ccc(C(C)(O)C#Cc2cncc([C@@](O)(c3ccc(C(C)C)cc3)C3(C)CN(C)C3)c2)s1. The van der Waals surface area contributed by atoms with E-state index >= 15 is 0 Å². The van der Waals surface area contributed by atoms with Crippen molar-refractivity contribution in [3.8, 4) is 11.8 Å². The van der Waals surface area contributed by atoms with Gasteiger partial charge in [0, 0.05) is 51.8 Å². The molecule has 0 saturated carbocycles. The normalized spacial score (nSPS) is 19.0. The van der Waals surface area contributed by atoms with Crippen LogP contribution in [0.5, 0.6) is 0 Å². The molecule has 4 nitrogen and oxygen atoms in total. The zero-order valence-electron chi connectivity index (χ0n) is 20.9. The van der Waals surface area contributed by atoms with Crippen LogP contribution in [-0.2, 0) is 11.2 Å². The summed E-state index contributed by atoms with van der Waals surface area (Å²) in [4.78, 5) is 8.59. The molecule has 1 saturated heterocycles. The molecule has 0 radical (unpaired) electrons. The summed E-state index contributed by atoms with van der Waals surface area (Å²) in [6.45, 7) is 11.7. The van der Waals surface area contributed by atoms with Crippen molar-refractivity contribution in [1.29, 1.82) is 0 Å². The van der Waals surface area contributed by atoms with E-state index in [1.165, 1.54) is 16.9 Å². The largest absolute Gasteiger partial charge is 0.380 e. The summed E-state index contributed by atoms with van der Waals surface area (Å²) in [7, 11) is 2.07. The van der Waals surface area contributed by atoms with Gasteiger partial charge < -0.3 is 15.1 Å². The van der Waals surface area contributed by atoms with Crippen LogP contribution in [0.25, 0.3) is 0 Å². The van der Waals surface area contributed by atoms with Crippen LogP contribution < -0.4 is 0 Å². The third kappa shape index (κ3) is 4.44. The lowest BCUT2D eigenvalue weighted by Gasteiger charge is -2.55. The Morgan fingerprint density at radius 3 is 2.29 bits per heavy atom. The summed E-state index contributed by atoms with van der Waals surface area (Å²) in [5.74, 6) is 6.53. The van der Waals surface area contributed by atoms with Crippen molar-refractivity contribution in [2.24, 2.45) is 5.41 Å². The monoisotopic (exact) mass is 474 g/mol. The maximum atomic E-state index is 12.4. The van der Waals surface area contributed by atoms with Crippen molar-refractivity contribution in [2.75, 3.05) is 20.1 Å². The molecule has 3 aromatic rings. The molecule has 1 unspecified atom stereocenters. The molecule has 0 aliphatic carbocycles. The number of benzene rings is 1. The number of pyridine rings is 1. The van der Waals surface area contributed by atoms with E-state index < -0.39 is 11.2 Å². The highest BCUT2D eigenvalue weighted by Gasteiger charge is 2.55. The average Bonchev–Trinajstić information content (AvgIpc) is 3.24. The van der Waals surface area contributed by atoms with Gasteiger partial charge in [-0.15, -0.1) is 11.3 Å². The molecule has 178 valence electrons. The van der Waals surface area contributed by atoms with E-state index in [-0.39, 0.29) is 5.41 Å². The second-order valence-corrected chi connectivity index (χ2v) is 11.7. The van der Waals surface area contributed by atoms with Gasteiger partial charge in [-0.25, -0.2) is 0 Å². The van der Waals surface area contributed by atoms with Crippen molar-refractivity contribution < 1.29 is 10.2 Å².